The summed E-state index contributed by atoms with van der Waals surface area (Å²) in [6.07, 6.45) is 0.0230. The molecule has 4 rings (SSSR count). The summed E-state index contributed by atoms with van der Waals surface area (Å²) in [6.45, 7) is 12.9. The Hall–Kier alpha value is -4.24. The lowest BCUT2D eigenvalue weighted by molar-refractivity contribution is 0.102. The van der Waals surface area contributed by atoms with Crippen LogP contribution in [0.4, 0.5) is 11.6 Å². The second kappa shape index (κ2) is 12.5. The van der Waals surface area contributed by atoms with Crippen LogP contribution in [0.3, 0.4) is 0 Å². The van der Waals surface area contributed by atoms with Crippen molar-refractivity contribution in [2.24, 2.45) is 0 Å². The average molecular weight is 530 g/mol. The number of aromatic nitrogens is 3. The van der Waals surface area contributed by atoms with Gasteiger partial charge in [0.1, 0.15) is 17.4 Å². The summed E-state index contributed by atoms with van der Waals surface area (Å²) in [7, 11) is 0. The fraction of sp³-hybridized carbons (Fsp3) is 0.333. The maximum atomic E-state index is 13.3. The van der Waals surface area contributed by atoms with Gasteiger partial charge in [-0.25, -0.2) is 4.98 Å². The number of nitrogens with one attached hydrogen (secondary N) is 2. The van der Waals surface area contributed by atoms with Crippen LogP contribution in [-0.2, 0) is 17.9 Å². The molecule has 4 aromatic rings. The SMILES string of the molecule is CCOCc1cc(CNc2cc(OC(C)C)nc(C)n2)ccc1-c1ccccc1C(=O)Nc1noc(C)c1C. The van der Waals surface area contributed by atoms with Crippen LogP contribution in [0, 0.1) is 20.8 Å². The van der Waals surface area contributed by atoms with Gasteiger partial charge in [-0.2, -0.15) is 4.98 Å². The lowest BCUT2D eigenvalue weighted by Gasteiger charge is -2.16. The Labute approximate surface area is 229 Å². The topological polar surface area (TPSA) is 111 Å². The zero-order valence-electron chi connectivity index (χ0n) is 23.3. The van der Waals surface area contributed by atoms with Crippen LogP contribution in [0.1, 0.15) is 59.4 Å². The first kappa shape index (κ1) is 27.8. The van der Waals surface area contributed by atoms with Crippen LogP contribution in [0.15, 0.2) is 53.1 Å². The number of ether oxygens (including phenoxy) is 2. The molecule has 2 heterocycles. The Morgan fingerprint density at radius 2 is 1.82 bits per heavy atom. The van der Waals surface area contributed by atoms with Crippen molar-refractivity contribution in [3.8, 4) is 17.0 Å². The summed E-state index contributed by atoms with van der Waals surface area (Å²) in [4.78, 5) is 22.1. The van der Waals surface area contributed by atoms with E-state index in [1.807, 2.05) is 71.9 Å². The van der Waals surface area contributed by atoms with Crippen molar-refractivity contribution < 1.29 is 18.8 Å². The van der Waals surface area contributed by atoms with E-state index in [0.717, 1.165) is 27.8 Å². The van der Waals surface area contributed by atoms with Gasteiger partial charge in [0.2, 0.25) is 5.88 Å². The molecule has 1 amide bonds. The van der Waals surface area contributed by atoms with Gasteiger partial charge in [-0.1, -0.05) is 41.6 Å². The normalized spacial score (nSPS) is 11.1. The second-order valence-corrected chi connectivity index (χ2v) is 9.50. The first-order valence-corrected chi connectivity index (χ1v) is 13.0. The molecule has 2 aromatic carbocycles. The van der Waals surface area contributed by atoms with E-state index in [2.05, 4.69) is 31.8 Å². The summed E-state index contributed by atoms with van der Waals surface area (Å²) in [5, 5.41) is 10.2. The highest BCUT2D eigenvalue weighted by Crippen LogP contribution is 2.30. The molecular formula is C30H35N5O4. The molecule has 0 aliphatic rings. The molecule has 39 heavy (non-hydrogen) atoms. The molecule has 9 heteroatoms. The van der Waals surface area contributed by atoms with E-state index in [0.29, 0.717) is 54.4 Å². The number of hydrogen-bond acceptors (Lipinski definition) is 8. The molecule has 204 valence electrons. The van der Waals surface area contributed by atoms with E-state index in [9.17, 15) is 4.79 Å². The molecule has 0 aliphatic carbocycles. The van der Waals surface area contributed by atoms with Gasteiger partial charge in [0.25, 0.3) is 5.91 Å². The van der Waals surface area contributed by atoms with Crippen molar-refractivity contribution in [1.82, 2.24) is 15.1 Å². The first-order valence-electron chi connectivity index (χ1n) is 13.0. The summed E-state index contributed by atoms with van der Waals surface area (Å²) in [5.41, 5.74) is 5.10. The van der Waals surface area contributed by atoms with Gasteiger partial charge >= 0.3 is 0 Å². The quantitative estimate of drug-likeness (QED) is 0.235. The predicted molar refractivity (Wildman–Crippen MR) is 151 cm³/mol. The maximum Gasteiger partial charge on any atom is 0.257 e. The third-order valence-corrected chi connectivity index (χ3v) is 6.13. The molecule has 0 radical (unpaired) electrons. The number of carbonyl (C=O) groups is 1. The number of carbonyl (C=O) groups excluding carboxylic acids is 1. The Kier molecular flexibility index (Phi) is 8.93. The van der Waals surface area contributed by atoms with Crippen molar-refractivity contribution in [3.63, 3.8) is 0 Å². The van der Waals surface area contributed by atoms with Crippen LogP contribution >= 0.6 is 0 Å². The molecule has 2 N–H and O–H groups in total. The summed E-state index contributed by atoms with van der Waals surface area (Å²) in [5.74, 6) is 2.70. The number of amides is 1. The van der Waals surface area contributed by atoms with Crippen molar-refractivity contribution >= 4 is 17.5 Å². The standard InChI is InChI=1S/C30H35N5O4/c1-7-37-17-23-14-22(16-31-27-15-28(38-18(2)3)33-21(6)32-27)12-13-24(23)25-10-8-9-11-26(25)30(36)34-29-19(4)20(5)39-35-29/h8-15,18H,7,16-17H2,1-6H3,(H,31,32,33)(H,34,35,36). The van der Waals surface area contributed by atoms with Crippen LogP contribution < -0.4 is 15.4 Å². The van der Waals surface area contributed by atoms with E-state index in [1.165, 1.54) is 0 Å². The van der Waals surface area contributed by atoms with Crippen molar-refractivity contribution in [2.45, 2.75) is 60.8 Å². The minimum absolute atomic E-state index is 0.0230. The molecule has 0 aliphatic heterocycles. The Bertz CT molecular complexity index is 1450. The molecule has 0 saturated carbocycles. The first-order chi connectivity index (χ1) is 18.7. The van der Waals surface area contributed by atoms with Crippen LogP contribution in [0.2, 0.25) is 0 Å². The molecule has 0 spiro atoms. The molecular weight excluding hydrogens is 494 g/mol. The minimum Gasteiger partial charge on any atom is -0.475 e. The molecule has 0 fully saturated rings. The monoisotopic (exact) mass is 529 g/mol. The van der Waals surface area contributed by atoms with Crippen molar-refractivity contribution in [1.29, 1.82) is 0 Å². The highest BCUT2D eigenvalue weighted by molar-refractivity contribution is 6.08. The molecule has 0 atom stereocenters. The summed E-state index contributed by atoms with van der Waals surface area (Å²) in [6, 6.07) is 15.5. The van der Waals surface area contributed by atoms with Gasteiger partial charge in [0.05, 0.1) is 12.7 Å². The van der Waals surface area contributed by atoms with Gasteiger partial charge < -0.3 is 24.6 Å². The molecule has 2 aromatic heterocycles. The second-order valence-electron chi connectivity index (χ2n) is 9.50. The van der Waals surface area contributed by atoms with Gasteiger partial charge in [-0.3, -0.25) is 4.79 Å². The lowest BCUT2D eigenvalue weighted by Crippen LogP contribution is -2.14. The van der Waals surface area contributed by atoms with Gasteiger partial charge in [-0.15, -0.1) is 0 Å². The highest BCUT2D eigenvalue weighted by Gasteiger charge is 2.18. The van der Waals surface area contributed by atoms with Crippen LogP contribution in [0.25, 0.3) is 11.1 Å². The number of nitrogens with zero attached hydrogens (tertiary/aromatic N) is 3. The van der Waals surface area contributed by atoms with E-state index >= 15 is 0 Å². The fourth-order valence-corrected chi connectivity index (χ4v) is 4.10. The fourth-order valence-electron chi connectivity index (χ4n) is 4.10. The highest BCUT2D eigenvalue weighted by atomic mass is 16.5. The summed E-state index contributed by atoms with van der Waals surface area (Å²) < 4.78 is 16.8. The molecule has 9 nitrogen and oxygen atoms in total. The van der Waals surface area contributed by atoms with Gasteiger partial charge in [0.15, 0.2) is 5.82 Å². The van der Waals surface area contributed by atoms with Crippen molar-refractivity contribution in [3.05, 3.63) is 82.4 Å². The lowest BCUT2D eigenvalue weighted by atomic mass is 9.93. The molecule has 0 unspecified atom stereocenters. The average Bonchev–Trinajstić information content (AvgIpc) is 3.22. The molecule has 0 bridgehead atoms. The van der Waals surface area contributed by atoms with E-state index in [4.69, 9.17) is 14.0 Å². The van der Waals surface area contributed by atoms with Crippen LogP contribution in [0.5, 0.6) is 5.88 Å². The minimum atomic E-state index is -0.256. The number of aryl methyl sites for hydroxylation is 2. The van der Waals surface area contributed by atoms with Crippen LogP contribution in [-0.4, -0.2) is 33.7 Å². The number of rotatable bonds is 11. The predicted octanol–water partition coefficient (Wildman–Crippen LogP) is 6.24. The van der Waals surface area contributed by atoms with E-state index in [1.54, 1.807) is 12.1 Å². The third kappa shape index (κ3) is 7.00. The number of benzene rings is 2. The summed E-state index contributed by atoms with van der Waals surface area (Å²) >= 11 is 0. The van der Waals surface area contributed by atoms with E-state index in [-0.39, 0.29) is 12.0 Å². The molecule has 0 saturated heterocycles. The number of hydrogen-bond donors (Lipinski definition) is 2. The number of anilines is 2. The smallest absolute Gasteiger partial charge is 0.257 e. The van der Waals surface area contributed by atoms with Gasteiger partial charge in [0, 0.05) is 30.3 Å². The Morgan fingerprint density at radius 1 is 1.03 bits per heavy atom. The maximum absolute atomic E-state index is 13.3. The van der Waals surface area contributed by atoms with Crippen molar-refractivity contribution in [2.75, 3.05) is 17.2 Å². The Balaban J connectivity index is 1.60. The third-order valence-electron chi connectivity index (χ3n) is 6.13. The Morgan fingerprint density at radius 3 is 2.54 bits per heavy atom. The largest absolute Gasteiger partial charge is 0.475 e. The zero-order chi connectivity index (χ0) is 27.9. The van der Waals surface area contributed by atoms with Gasteiger partial charge in [-0.05, 0) is 69.9 Å². The van der Waals surface area contributed by atoms with E-state index < -0.39 is 0 Å². The zero-order valence-corrected chi connectivity index (χ0v) is 23.3.